The first-order chi connectivity index (χ1) is 16.3. The Labute approximate surface area is 205 Å². The minimum atomic E-state index is -0.567. The highest BCUT2D eigenvalue weighted by atomic mass is 35.5. The molecule has 0 saturated heterocycles. The fraction of sp³-hybridized carbons (Fsp3) is 0.174. The molecule has 2 aromatic carbocycles. The maximum atomic E-state index is 12.8. The summed E-state index contributed by atoms with van der Waals surface area (Å²) in [6.07, 6.45) is 0. The Balaban J connectivity index is 1.84. The fourth-order valence-electron chi connectivity index (χ4n) is 2.98. The molecule has 0 aliphatic heterocycles. The number of carbonyl (C=O) groups is 2. The molecule has 1 heterocycles. The first-order valence-corrected chi connectivity index (χ1v) is 10.5. The van der Waals surface area contributed by atoms with Crippen LogP contribution in [0, 0.1) is 0 Å². The smallest absolute Gasteiger partial charge is 0.274 e. The van der Waals surface area contributed by atoms with E-state index >= 15 is 0 Å². The molecular weight excluding hydrogens is 485 g/mol. The van der Waals surface area contributed by atoms with Gasteiger partial charge in [0.15, 0.2) is 0 Å². The summed E-state index contributed by atoms with van der Waals surface area (Å²) in [6, 6.07) is 10.6. The van der Waals surface area contributed by atoms with Crippen molar-refractivity contribution in [1.29, 1.82) is 0 Å². The van der Waals surface area contributed by atoms with Crippen molar-refractivity contribution in [3.63, 3.8) is 0 Å². The maximum absolute atomic E-state index is 12.8. The van der Waals surface area contributed by atoms with E-state index < -0.39 is 11.8 Å². The normalized spacial score (nSPS) is 10.3. The van der Waals surface area contributed by atoms with Gasteiger partial charge in [0.25, 0.3) is 11.8 Å². The third kappa shape index (κ3) is 5.44. The maximum Gasteiger partial charge on any atom is 0.274 e. The molecule has 0 bridgehead atoms. The van der Waals surface area contributed by atoms with E-state index in [-0.39, 0.29) is 11.4 Å². The van der Waals surface area contributed by atoms with Crippen LogP contribution in [-0.2, 0) is 0 Å². The molecule has 0 spiro atoms. The van der Waals surface area contributed by atoms with Crippen LogP contribution in [0.4, 0.5) is 11.4 Å². The lowest BCUT2D eigenvalue weighted by Crippen LogP contribution is -2.19. The van der Waals surface area contributed by atoms with Gasteiger partial charge in [0.2, 0.25) is 0 Å². The van der Waals surface area contributed by atoms with Crippen LogP contribution in [0.25, 0.3) is 0 Å². The van der Waals surface area contributed by atoms with Crippen molar-refractivity contribution in [3.05, 3.63) is 63.9 Å². The average Bonchev–Trinajstić information content (AvgIpc) is 2.85. The first-order valence-electron chi connectivity index (χ1n) is 9.74. The second-order valence-corrected chi connectivity index (χ2v) is 7.50. The highest BCUT2D eigenvalue weighted by Gasteiger charge is 2.18. The Kier molecular flexibility index (Phi) is 8.04. The molecule has 11 heteroatoms. The van der Waals surface area contributed by atoms with Gasteiger partial charge in [0.1, 0.15) is 34.4 Å². The summed E-state index contributed by atoms with van der Waals surface area (Å²) in [5.41, 5.74) is 0.653. The minimum Gasteiger partial charge on any atom is -0.495 e. The number of nitrogens with one attached hydrogen (secondary N) is 2. The molecule has 0 fully saturated rings. The largest absolute Gasteiger partial charge is 0.495 e. The zero-order chi connectivity index (χ0) is 24.8. The Morgan fingerprint density at radius 3 is 1.41 bits per heavy atom. The number of aromatic nitrogens is 1. The molecular formula is C23H21Cl2N3O6. The van der Waals surface area contributed by atoms with Crippen LogP contribution < -0.4 is 29.6 Å². The highest BCUT2D eigenvalue weighted by Crippen LogP contribution is 2.37. The number of pyridine rings is 1. The highest BCUT2D eigenvalue weighted by molar-refractivity contribution is 6.32. The van der Waals surface area contributed by atoms with E-state index in [9.17, 15) is 9.59 Å². The van der Waals surface area contributed by atoms with Gasteiger partial charge in [-0.05, 0) is 12.1 Å². The number of benzene rings is 2. The zero-order valence-corrected chi connectivity index (χ0v) is 20.2. The average molecular weight is 506 g/mol. The summed E-state index contributed by atoms with van der Waals surface area (Å²) >= 11 is 12.2. The summed E-state index contributed by atoms with van der Waals surface area (Å²) < 4.78 is 20.9. The van der Waals surface area contributed by atoms with Crippen molar-refractivity contribution < 1.29 is 28.5 Å². The van der Waals surface area contributed by atoms with Crippen molar-refractivity contribution >= 4 is 46.4 Å². The van der Waals surface area contributed by atoms with E-state index in [0.717, 1.165) is 0 Å². The summed E-state index contributed by atoms with van der Waals surface area (Å²) in [5, 5.41) is 6.02. The minimum absolute atomic E-state index is 0.00396. The predicted molar refractivity (Wildman–Crippen MR) is 129 cm³/mol. The number of halogens is 2. The molecule has 2 amide bonds. The quantitative estimate of drug-likeness (QED) is 0.446. The summed E-state index contributed by atoms with van der Waals surface area (Å²) in [7, 11) is 5.79. The molecule has 0 unspecified atom stereocenters. The van der Waals surface area contributed by atoms with Gasteiger partial charge in [0.05, 0.1) is 49.9 Å². The van der Waals surface area contributed by atoms with Crippen LogP contribution >= 0.6 is 23.2 Å². The molecule has 1 aromatic heterocycles. The predicted octanol–water partition coefficient (Wildman–Crippen LogP) is 4.93. The standard InChI is InChI=1S/C23H21Cl2N3O6/c1-31-18-10-16(20(33-3)8-12(18)24)27-22(29)14-6-5-7-15(26-14)23(30)28-17-11-19(32-2)13(25)9-21(17)34-4/h5-11H,1-4H3,(H,27,29)(H,28,30). The number of hydrogen-bond acceptors (Lipinski definition) is 7. The van der Waals surface area contributed by atoms with E-state index in [1.54, 1.807) is 0 Å². The van der Waals surface area contributed by atoms with Crippen molar-refractivity contribution in [2.45, 2.75) is 0 Å². The molecule has 0 atom stereocenters. The zero-order valence-electron chi connectivity index (χ0n) is 18.7. The number of amides is 2. The van der Waals surface area contributed by atoms with E-state index in [1.807, 2.05) is 0 Å². The SMILES string of the molecule is COc1cc(NC(=O)c2cccc(C(=O)Nc3cc(OC)c(Cl)cc3OC)n2)c(OC)cc1Cl. The van der Waals surface area contributed by atoms with Gasteiger partial charge in [-0.2, -0.15) is 0 Å². The number of rotatable bonds is 8. The number of ether oxygens (including phenoxy) is 4. The number of hydrogen-bond donors (Lipinski definition) is 2. The lowest BCUT2D eigenvalue weighted by Gasteiger charge is -2.14. The number of carbonyl (C=O) groups excluding carboxylic acids is 2. The molecule has 2 N–H and O–H groups in total. The lowest BCUT2D eigenvalue weighted by molar-refractivity contribution is 0.101. The molecule has 178 valence electrons. The van der Waals surface area contributed by atoms with E-state index in [2.05, 4.69) is 15.6 Å². The fourth-order valence-corrected chi connectivity index (χ4v) is 3.44. The Morgan fingerprint density at radius 1 is 0.676 bits per heavy atom. The van der Waals surface area contributed by atoms with Gasteiger partial charge in [-0.15, -0.1) is 0 Å². The Morgan fingerprint density at radius 2 is 1.06 bits per heavy atom. The molecule has 0 aliphatic carbocycles. The van der Waals surface area contributed by atoms with Gasteiger partial charge >= 0.3 is 0 Å². The Bertz CT molecular complexity index is 1140. The summed E-state index contributed by atoms with van der Waals surface area (Å²) in [4.78, 5) is 29.8. The van der Waals surface area contributed by atoms with Crippen molar-refractivity contribution in [2.75, 3.05) is 39.1 Å². The van der Waals surface area contributed by atoms with Gasteiger partial charge in [-0.1, -0.05) is 29.3 Å². The van der Waals surface area contributed by atoms with Crippen LogP contribution in [0.3, 0.4) is 0 Å². The topological polar surface area (TPSA) is 108 Å². The third-order valence-corrected chi connectivity index (χ3v) is 5.25. The van der Waals surface area contributed by atoms with Gasteiger partial charge < -0.3 is 29.6 Å². The third-order valence-electron chi connectivity index (χ3n) is 4.66. The molecule has 0 aliphatic rings. The lowest BCUT2D eigenvalue weighted by atomic mass is 10.2. The second-order valence-electron chi connectivity index (χ2n) is 6.69. The van der Waals surface area contributed by atoms with E-state index in [4.69, 9.17) is 42.1 Å². The molecule has 3 rings (SSSR count). The van der Waals surface area contributed by atoms with E-state index in [1.165, 1.54) is 70.9 Å². The van der Waals surface area contributed by atoms with Crippen molar-refractivity contribution in [3.8, 4) is 23.0 Å². The molecule has 0 radical (unpaired) electrons. The monoisotopic (exact) mass is 505 g/mol. The number of methoxy groups -OCH3 is 4. The number of nitrogens with zero attached hydrogens (tertiary/aromatic N) is 1. The molecule has 3 aromatic rings. The second kappa shape index (κ2) is 11.0. The molecule has 0 saturated carbocycles. The van der Waals surface area contributed by atoms with Crippen LogP contribution in [0.5, 0.6) is 23.0 Å². The van der Waals surface area contributed by atoms with Crippen LogP contribution in [0.2, 0.25) is 10.0 Å². The van der Waals surface area contributed by atoms with Crippen molar-refractivity contribution in [2.24, 2.45) is 0 Å². The summed E-state index contributed by atoms with van der Waals surface area (Å²) in [6.45, 7) is 0. The van der Waals surface area contributed by atoms with Crippen molar-refractivity contribution in [1.82, 2.24) is 4.98 Å². The van der Waals surface area contributed by atoms with E-state index in [0.29, 0.717) is 44.4 Å². The van der Waals surface area contributed by atoms with Gasteiger partial charge in [0, 0.05) is 24.3 Å². The van der Waals surface area contributed by atoms with Gasteiger partial charge in [-0.25, -0.2) is 4.98 Å². The Hall–Kier alpha value is -3.69. The first kappa shape index (κ1) is 24.9. The van der Waals surface area contributed by atoms with Crippen LogP contribution in [0.15, 0.2) is 42.5 Å². The molecule has 34 heavy (non-hydrogen) atoms. The van der Waals surface area contributed by atoms with Gasteiger partial charge in [-0.3, -0.25) is 9.59 Å². The van der Waals surface area contributed by atoms with Crippen LogP contribution in [0.1, 0.15) is 21.0 Å². The van der Waals surface area contributed by atoms with Crippen LogP contribution in [-0.4, -0.2) is 45.2 Å². The summed E-state index contributed by atoms with van der Waals surface area (Å²) in [5.74, 6) is 0.234. The number of anilines is 2. The molecule has 9 nitrogen and oxygen atoms in total.